The molecule has 1 atom stereocenters. The van der Waals surface area contributed by atoms with Crippen LogP contribution in [0.25, 0.3) is 0 Å². The molecule has 1 heterocycles. The molecule has 1 fully saturated rings. The van der Waals surface area contributed by atoms with E-state index in [1.165, 1.54) is 0 Å². The second-order valence-electron chi connectivity index (χ2n) is 4.87. The summed E-state index contributed by atoms with van der Waals surface area (Å²) < 4.78 is 29.4. The molecule has 0 bridgehead atoms. The molecule has 1 saturated heterocycles. The van der Waals surface area contributed by atoms with Crippen molar-refractivity contribution in [2.75, 3.05) is 11.5 Å². The molecule has 1 aliphatic heterocycles. The Morgan fingerprint density at radius 1 is 1.53 bits per heavy atom. The lowest BCUT2D eigenvalue weighted by atomic mass is 10.0. The molecule has 19 heavy (non-hydrogen) atoms. The number of hydrogen-bond donors (Lipinski definition) is 1. The minimum Gasteiger partial charge on any atom is -0.432 e. The number of benzene rings is 1. The molecule has 0 radical (unpaired) electrons. The summed E-state index contributed by atoms with van der Waals surface area (Å²) in [4.78, 5) is 0. The zero-order chi connectivity index (χ0) is 14.1. The molecule has 7 heteroatoms. The van der Waals surface area contributed by atoms with Crippen molar-refractivity contribution in [3.63, 3.8) is 0 Å². The van der Waals surface area contributed by atoms with Crippen molar-refractivity contribution in [1.82, 2.24) is 5.32 Å². The molecule has 0 aromatic heterocycles. The van der Waals surface area contributed by atoms with Crippen LogP contribution >= 0.6 is 28.1 Å². The number of sulfone groups is 1. The molecule has 1 aromatic rings. The third-order valence-corrected chi connectivity index (χ3v) is 5.50. The molecule has 2 rings (SSSR count). The van der Waals surface area contributed by atoms with Gasteiger partial charge in [-0.2, -0.15) is 0 Å². The molecule has 0 aliphatic carbocycles. The molecule has 1 aromatic carbocycles. The average molecular weight is 364 g/mol. The molecule has 1 N–H and O–H groups in total. The highest BCUT2D eigenvalue weighted by Crippen LogP contribution is 2.23. The smallest absolute Gasteiger partial charge is 0.262 e. The number of thiocarbonyl (C=S) groups is 1. The van der Waals surface area contributed by atoms with E-state index in [0.29, 0.717) is 12.2 Å². The number of rotatable bonds is 2. The maximum Gasteiger partial charge on any atom is 0.262 e. The van der Waals surface area contributed by atoms with Gasteiger partial charge in [0, 0.05) is 4.47 Å². The lowest BCUT2D eigenvalue weighted by Gasteiger charge is -2.25. The fourth-order valence-corrected chi connectivity index (χ4v) is 4.83. The predicted octanol–water partition coefficient (Wildman–Crippen LogP) is 2.28. The molecular formula is C12H14BrNO3S2. The van der Waals surface area contributed by atoms with Crippen molar-refractivity contribution < 1.29 is 13.2 Å². The summed E-state index contributed by atoms with van der Waals surface area (Å²) in [5.74, 6) is 0.883. The van der Waals surface area contributed by atoms with Gasteiger partial charge in [-0.05, 0) is 43.8 Å². The Balaban J connectivity index is 1.99. The van der Waals surface area contributed by atoms with Crippen LogP contribution in [0.3, 0.4) is 0 Å². The zero-order valence-corrected chi connectivity index (χ0v) is 13.6. The largest absolute Gasteiger partial charge is 0.432 e. The SMILES string of the molecule is CC1(NC(=S)Oc2cccc(Br)c2)CCS(=O)(=O)C1. The van der Waals surface area contributed by atoms with Crippen molar-refractivity contribution in [2.24, 2.45) is 0 Å². The number of halogens is 1. The summed E-state index contributed by atoms with van der Waals surface area (Å²) in [6.07, 6.45) is 0.539. The van der Waals surface area contributed by atoms with Gasteiger partial charge in [0.25, 0.3) is 5.17 Å². The van der Waals surface area contributed by atoms with Crippen LogP contribution in [0.1, 0.15) is 13.3 Å². The van der Waals surface area contributed by atoms with Crippen molar-refractivity contribution in [3.8, 4) is 5.75 Å². The number of hydrogen-bond acceptors (Lipinski definition) is 4. The van der Waals surface area contributed by atoms with Gasteiger partial charge in [-0.3, -0.25) is 0 Å². The number of ether oxygens (including phenoxy) is 1. The first-order valence-electron chi connectivity index (χ1n) is 5.74. The van der Waals surface area contributed by atoms with E-state index in [4.69, 9.17) is 17.0 Å². The Labute approximate surface area is 126 Å². The van der Waals surface area contributed by atoms with Crippen LogP contribution in [-0.4, -0.2) is 30.6 Å². The first kappa shape index (κ1) is 14.7. The van der Waals surface area contributed by atoms with E-state index in [2.05, 4.69) is 21.2 Å². The van der Waals surface area contributed by atoms with Gasteiger partial charge in [0.2, 0.25) is 0 Å². The van der Waals surface area contributed by atoms with E-state index in [-0.39, 0.29) is 16.7 Å². The third-order valence-electron chi connectivity index (χ3n) is 2.91. The molecular weight excluding hydrogens is 350 g/mol. The van der Waals surface area contributed by atoms with Crippen LogP contribution in [0.4, 0.5) is 0 Å². The summed E-state index contributed by atoms with van der Waals surface area (Å²) >= 11 is 8.46. The molecule has 0 spiro atoms. The Bertz CT molecular complexity index is 603. The van der Waals surface area contributed by atoms with Gasteiger partial charge < -0.3 is 10.1 Å². The van der Waals surface area contributed by atoms with Crippen LogP contribution in [0.2, 0.25) is 0 Å². The minimum atomic E-state index is -2.96. The van der Waals surface area contributed by atoms with E-state index in [1.54, 1.807) is 12.1 Å². The summed E-state index contributed by atoms with van der Waals surface area (Å²) in [6, 6.07) is 7.30. The van der Waals surface area contributed by atoms with Gasteiger partial charge in [-0.1, -0.05) is 22.0 Å². The van der Waals surface area contributed by atoms with Crippen LogP contribution in [0, 0.1) is 0 Å². The summed E-state index contributed by atoms with van der Waals surface area (Å²) in [5, 5.41) is 3.19. The highest BCUT2D eigenvalue weighted by Gasteiger charge is 2.39. The Hall–Kier alpha value is -0.660. The minimum absolute atomic E-state index is 0.0853. The fourth-order valence-electron chi connectivity index (χ4n) is 2.02. The van der Waals surface area contributed by atoms with E-state index >= 15 is 0 Å². The van der Waals surface area contributed by atoms with E-state index in [0.717, 1.165) is 4.47 Å². The second kappa shape index (κ2) is 5.38. The van der Waals surface area contributed by atoms with Crippen molar-refractivity contribution in [2.45, 2.75) is 18.9 Å². The van der Waals surface area contributed by atoms with Crippen LogP contribution in [0.5, 0.6) is 5.75 Å². The van der Waals surface area contributed by atoms with Crippen molar-refractivity contribution in [1.29, 1.82) is 0 Å². The highest BCUT2D eigenvalue weighted by molar-refractivity contribution is 9.10. The lowest BCUT2D eigenvalue weighted by Crippen LogP contribution is -2.47. The summed E-state index contributed by atoms with van der Waals surface area (Å²) in [5.41, 5.74) is -0.540. The number of nitrogens with one attached hydrogen (secondary N) is 1. The quantitative estimate of drug-likeness (QED) is 0.816. The molecule has 4 nitrogen and oxygen atoms in total. The fraction of sp³-hybridized carbons (Fsp3) is 0.417. The van der Waals surface area contributed by atoms with Gasteiger partial charge in [-0.15, -0.1) is 0 Å². The average Bonchev–Trinajstić information content (AvgIpc) is 2.52. The highest BCUT2D eigenvalue weighted by atomic mass is 79.9. The molecule has 104 valence electrons. The third kappa shape index (κ3) is 4.15. The second-order valence-corrected chi connectivity index (χ2v) is 8.35. The first-order valence-corrected chi connectivity index (χ1v) is 8.76. The zero-order valence-electron chi connectivity index (χ0n) is 10.3. The first-order chi connectivity index (χ1) is 8.78. The maximum atomic E-state index is 11.5. The Morgan fingerprint density at radius 3 is 2.84 bits per heavy atom. The van der Waals surface area contributed by atoms with E-state index in [9.17, 15) is 8.42 Å². The summed E-state index contributed by atoms with van der Waals surface area (Å²) in [7, 11) is -2.96. The van der Waals surface area contributed by atoms with Gasteiger partial charge in [-0.25, -0.2) is 8.42 Å². The van der Waals surface area contributed by atoms with E-state index < -0.39 is 15.4 Å². The van der Waals surface area contributed by atoms with Gasteiger partial charge in [0.1, 0.15) is 5.75 Å². The Morgan fingerprint density at radius 2 is 2.26 bits per heavy atom. The molecule has 0 amide bonds. The van der Waals surface area contributed by atoms with E-state index in [1.807, 2.05) is 19.1 Å². The monoisotopic (exact) mass is 363 g/mol. The topological polar surface area (TPSA) is 55.4 Å². The Kier molecular flexibility index (Phi) is 4.17. The van der Waals surface area contributed by atoms with Crippen LogP contribution in [-0.2, 0) is 9.84 Å². The molecule has 1 aliphatic rings. The lowest BCUT2D eigenvalue weighted by molar-refractivity contribution is 0.425. The van der Waals surface area contributed by atoms with Gasteiger partial charge in [0.05, 0.1) is 17.0 Å². The van der Waals surface area contributed by atoms with Crippen LogP contribution < -0.4 is 10.1 Å². The van der Waals surface area contributed by atoms with Gasteiger partial charge in [0.15, 0.2) is 9.84 Å². The van der Waals surface area contributed by atoms with Crippen molar-refractivity contribution in [3.05, 3.63) is 28.7 Å². The maximum absolute atomic E-state index is 11.5. The van der Waals surface area contributed by atoms with Crippen LogP contribution in [0.15, 0.2) is 28.7 Å². The normalized spacial score (nSPS) is 24.9. The van der Waals surface area contributed by atoms with Gasteiger partial charge >= 0.3 is 0 Å². The molecule has 1 unspecified atom stereocenters. The summed E-state index contributed by atoms with van der Waals surface area (Å²) in [6.45, 7) is 1.84. The standard InChI is InChI=1S/C12H14BrNO3S2/c1-12(5-6-19(15,16)8-12)14-11(18)17-10-4-2-3-9(13)7-10/h2-4,7H,5-6,8H2,1H3,(H,14,18). The predicted molar refractivity (Wildman–Crippen MR) is 82.2 cm³/mol. The van der Waals surface area contributed by atoms with Crippen molar-refractivity contribution >= 4 is 43.2 Å². The molecule has 0 saturated carbocycles.